The highest BCUT2D eigenvalue weighted by Gasteiger charge is 2.20. The van der Waals surface area contributed by atoms with E-state index in [2.05, 4.69) is 5.32 Å². The molecular weight excluding hydrogens is 487 g/mol. The van der Waals surface area contributed by atoms with Crippen molar-refractivity contribution in [1.29, 1.82) is 0 Å². The Hall–Kier alpha value is -4.31. The Bertz CT molecular complexity index is 1420. The Labute approximate surface area is 208 Å². The average molecular weight is 511 g/mol. The number of nitrogens with zero attached hydrogens (tertiary/aromatic N) is 1. The third-order valence-electron chi connectivity index (χ3n) is 5.14. The number of urea groups is 1. The molecule has 1 N–H and O–H groups in total. The second-order valence-electron chi connectivity index (χ2n) is 7.70. The molecule has 0 aliphatic carbocycles. The van der Waals surface area contributed by atoms with Crippen LogP contribution in [0.5, 0.6) is 11.5 Å². The molecule has 2 amide bonds. The zero-order valence-electron chi connectivity index (χ0n) is 19.3. The molecule has 0 atom stereocenters. The van der Waals surface area contributed by atoms with Gasteiger partial charge in [0, 0.05) is 6.54 Å². The predicted octanol–water partition coefficient (Wildman–Crippen LogP) is 5.43. The molecule has 0 saturated carbocycles. The van der Waals surface area contributed by atoms with Crippen LogP contribution in [0.25, 0.3) is 0 Å². The summed E-state index contributed by atoms with van der Waals surface area (Å²) < 4.78 is 54.3. The first-order valence-electron chi connectivity index (χ1n) is 10.8. The van der Waals surface area contributed by atoms with Crippen LogP contribution in [0.1, 0.15) is 11.3 Å². The zero-order valence-corrected chi connectivity index (χ0v) is 20.1. The summed E-state index contributed by atoms with van der Waals surface area (Å²) in [7, 11) is -2.66. The van der Waals surface area contributed by atoms with Crippen molar-refractivity contribution in [2.75, 3.05) is 12.4 Å². The van der Waals surface area contributed by atoms with Gasteiger partial charge in [-0.25, -0.2) is 9.18 Å². The van der Waals surface area contributed by atoms with Gasteiger partial charge in [0.05, 0.1) is 25.6 Å². The fourth-order valence-corrected chi connectivity index (χ4v) is 4.35. The highest BCUT2D eigenvalue weighted by molar-refractivity contribution is 7.87. The second kappa shape index (κ2) is 11.0. The van der Waals surface area contributed by atoms with Gasteiger partial charge in [-0.05, 0) is 66.2 Å². The molecule has 0 bridgehead atoms. The molecule has 10 heteroatoms. The third-order valence-corrected chi connectivity index (χ3v) is 6.40. The van der Waals surface area contributed by atoms with Crippen molar-refractivity contribution >= 4 is 21.8 Å². The number of para-hydroxylation sites is 2. The molecule has 4 rings (SSSR count). The highest BCUT2D eigenvalue weighted by atomic mass is 32.2. The minimum absolute atomic E-state index is 0.0555. The molecule has 0 fully saturated rings. The molecule has 0 spiro atoms. The van der Waals surface area contributed by atoms with Crippen LogP contribution in [0.15, 0.2) is 101 Å². The van der Waals surface area contributed by atoms with Crippen molar-refractivity contribution < 1.29 is 30.9 Å². The molecular formula is C26H23FN2O6S. The largest absolute Gasteiger partial charge is 0.495 e. The minimum Gasteiger partial charge on any atom is -0.495 e. The number of methoxy groups -OCH3 is 1. The first kappa shape index (κ1) is 24.8. The molecule has 0 saturated heterocycles. The fourth-order valence-electron chi connectivity index (χ4n) is 3.42. The van der Waals surface area contributed by atoms with Crippen LogP contribution in [0.3, 0.4) is 0 Å². The number of hydrogen-bond acceptors (Lipinski definition) is 6. The van der Waals surface area contributed by atoms with Gasteiger partial charge in [0.25, 0.3) is 0 Å². The van der Waals surface area contributed by atoms with Crippen molar-refractivity contribution in [3.63, 3.8) is 0 Å². The predicted molar refractivity (Wildman–Crippen MR) is 131 cm³/mol. The summed E-state index contributed by atoms with van der Waals surface area (Å²) in [5, 5.41) is 2.84. The number of halogens is 1. The Morgan fingerprint density at radius 1 is 0.972 bits per heavy atom. The van der Waals surface area contributed by atoms with Crippen LogP contribution in [0, 0.1) is 5.82 Å². The quantitative estimate of drug-likeness (QED) is 0.302. The van der Waals surface area contributed by atoms with Crippen molar-refractivity contribution in [3.8, 4) is 11.5 Å². The van der Waals surface area contributed by atoms with Gasteiger partial charge in [0.2, 0.25) is 0 Å². The summed E-state index contributed by atoms with van der Waals surface area (Å²) in [6.45, 7) is 0.280. The van der Waals surface area contributed by atoms with E-state index in [0.717, 1.165) is 24.3 Å². The number of hydrogen-bond donors (Lipinski definition) is 1. The number of benzene rings is 3. The van der Waals surface area contributed by atoms with Gasteiger partial charge < -0.3 is 23.6 Å². The van der Waals surface area contributed by atoms with E-state index >= 15 is 0 Å². The summed E-state index contributed by atoms with van der Waals surface area (Å²) in [4.78, 5) is 14.5. The topological polar surface area (TPSA) is 98.1 Å². The summed E-state index contributed by atoms with van der Waals surface area (Å²) >= 11 is 0. The van der Waals surface area contributed by atoms with E-state index in [1.165, 1.54) is 30.4 Å². The maximum atomic E-state index is 13.2. The van der Waals surface area contributed by atoms with E-state index in [4.69, 9.17) is 13.3 Å². The summed E-state index contributed by atoms with van der Waals surface area (Å²) in [6.07, 6.45) is 1.51. The van der Waals surface area contributed by atoms with Crippen molar-refractivity contribution in [2.45, 2.75) is 18.0 Å². The number of carbonyl (C=O) groups excluding carboxylic acids is 1. The van der Waals surface area contributed by atoms with E-state index in [-0.39, 0.29) is 23.7 Å². The second-order valence-corrected chi connectivity index (χ2v) is 9.25. The van der Waals surface area contributed by atoms with E-state index < -0.39 is 22.0 Å². The molecule has 0 aliphatic rings. The van der Waals surface area contributed by atoms with E-state index in [1.54, 1.807) is 48.5 Å². The number of anilines is 1. The van der Waals surface area contributed by atoms with Crippen LogP contribution in [-0.2, 0) is 23.2 Å². The Balaban J connectivity index is 1.54. The molecule has 0 unspecified atom stereocenters. The first-order chi connectivity index (χ1) is 17.3. The molecule has 1 aromatic heterocycles. The van der Waals surface area contributed by atoms with Crippen molar-refractivity contribution in [3.05, 3.63) is 108 Å². The molecule has 4 aromatic rings. The van der Waals surface area contributed by atoms with Crippen LogP contribution in [-0.4, -0.2) is 26.5 Å². The lowest BCUT2D eigenvalue weighted by Gasteiger charge is -2.23. The highest BCUT2D eigenvalue weighted by Crippen LogP contribution is 2.25. The minimum atomic E-state index is -4.17. The lowest BCUT2D eigenvalue weighted by molar-refractivity contribution is 0.201. The van der Waals surface area contributed by atoms with E-state index in [0.29, 0.717) is 22.8 Å². The standard InChI is InChI=1S/C26H23FN2O6S/c1-33-25-10-3-2-9-24(25)28-26(30)29(18-22-8-5-15-34-22)17-19-6-4-7-21(16-19)35-36(31,32)23-13-11-20(27)12-14-23/h2-16H,17-18H2,1H3,(H,28,30). The number of carbonyl (C=O) groups is 1. The number of rotatable bonds is 9. The van der Waals surface area contributed by atoms with Gasteiger partial charge >= 0.3 is 16.1 Å². The average Bonchev–Trinajstić information content (AvgIpc) is 3.37. The number of furan rings is 1. The zero-order chi connectivity index (χ0) is 25.5. The molecule has 0 radical (unpaired) electrons. The SMILES string of the molecule is COc1ccccc1NC(=O)N(Cc1cccc(OS(=O)(=O)c2ccc(F)cc2)c1)Cc1ccco1. The van der Waals surface area contributed by atoms with Gasteiger partial charge in [0.15, 0.2) is 0 Å². The van der Waals surface area contributed by atoms with Crippen LogP contribution in [0.4, 0.5) is 14.9 Å². The molecule has 3 aromatic carbocycles. The number of amides is 2. The van der Waals surface area contributed by atoms with Crippen molar-refractivity contribution in [2.24, 2.45) is 0 Å². The molecule has 36 heavy (non-hydrogen) atoms. The van der Waals surface area contributed by atoms with Crippen molar-refractivity contribution in [1.82, 2.24) is 4.90 Å². The summed E-state index contributed by atoms with van der Waals surface area (Å²) in [5.41, 5.74) is 1.11. The molecule has 0 aliphatic heterocycles. The smallest absolute Gasteiger partial charge is 0.339 e. The third kappa shape index (κ3) is 6.22. The summed E-state index contributed by atoms with van der Waals surface area (Å²) in [6, 6.07) is 20.8. The van der Waals surface area contributed by atoms with Gasteiger partial charge in [0.1, 0.15) is 28.0 Å². The van der Waals surface area contributed by atoms with Crippen LogP contribution >= 0.6 is 0 Å². The van der Waals surface area contributed by atoms with Crippen LogP contribution in [0.2, 0.25) is 0 Å². The number of ether oxygens (including phenoxy) is 1. The summed E-state index contributed by atoms with van der Waals surface area (Å²) in [5.74, 6) is 0.570. The van der Waals surface area contributed by atoms with Crippen LogP contribution < -0.4 is 14.2 Å². The van der Waals surface area contributed by atoms with Gasteiger partial charge in [-0.15, -0.1) is 0 Å². The van der Waals surface area contributed by atoms with Gasteiger partial charge in [-0.3, -0.25) is 0 Å². The van der Waals surface area contributed by atoms with E-state index in [1.807, 2.05) is 0 Å². The monoisotopic (exact) mass is 510 g/mol. The lowest BCUT2D eigenvalue weighted by atomic mass is 10.2. The maximum absolute atomic E-state index is 13.2. The number of nitrogens with one attached hydrogen (secondary N) is 1. The van der Waals surface area contributed by atoms with E-state index in [9.17, 15) is 17.6 Å². The molecule has 8 nitrogen and oxygen atoms in total. The normalized spacial score (nSPS) is 11.1. The first-order valence-corrected chi connectivity index (χ1v) is 12.3. The molecule has 1 heterocycles. The Morgan fingerprint density at radius 3 is 2.47 bits per heavy atom. The maximum Gasteiger partial charge on any atom is 0.339 e. The fraction of sp³-hybridized carbons (Fsp3) is 0.115. The lowest BCUT2D eigenvalue weighted by Crippen LogP contribution is -2.34. The Kier molecular flexibility index (Phi) is 7.55. The van der Waals surface area contributed by atoms with Gasteiger partial charge in [-0.1, -0.05) is 24.3 Å². The molecule has 186 valence electrons. The van der Waals surface area contributed by atoms with Gasteiger partial charge in [-0.2, -0.15) is 8.42 Å². The Morgan fingerprint density at radius 2 is 1.75 bits per heavy atom.